The summed E-state index contributed by atoms with van der Waals surface area (Å²) < 4.78 is 53.8. The highest BCUT2D eigenvalue weighted by molar-refractivity contribution is 7.89. The Kier molecular flexibility index (Phi) is 6.28. The number of benzene rings is 2. The molecule has 0 unspecified atom stereocenters. The topological polar surface area (TPSA) is 88.0 Å². The van der Waals surface area contributed by atoms with Gasteiger partial charge in [0.05, 0.1) is 49.1 Å². The molecule has 2 aromatic carbocycles. The van der Waals surface area contributed by atoms with Crippen LogP contribution in [0.15, 0.2) is 70.5 Å². The van der Waals surface area contributed by atoms with Crippen molar-refractivity contribution in [3.63, 3.8) is 0 Å². The summed E-state index contributed by atoms with van der Waals surface area (Å²) in [7, 11) is -6.96. The molecule has 1 heterocycles. The number of hydrogen-bond acceptors (Lipinski definition) is 4. The van der Waals surface area contributed by atoms with Crippen LogP contribution in [0.2, 0.25) is 0 Å². The Labute approximate surface area is 160 Å². The molecule has 0 saturated carbocycles. The molecule has 3 rings (SSSR count). The molecule has 27 heavy (non-hydrogen) atoms. The SMILES string of the molecule is O=S(=O)(NCC[NH+]1CCN(S(=O)(=O)c2ccccc2)CC1)c1ccccc1. The second-order valence-electron chi connectivity index (χ2n) is 6.43. The van der Waals surface area contributed by atoms with E-state index in [1.807, 2.05) is 0 Å². The van der Waals surface area contributed by atoms with E-state index in [1.165, 1.54) is 9.21 Å². The normalized spacial score (nSPS) is 17.0. The van der Waals surface area contributed by atoms with Crippen LogP contribution in [0.25, 0.3) is 0 Å². The van der Waals surface area contributed by atoms with E-state index in [0.29, 0.717) is 44.2 Å². The van der Waals surface area contributed by atoms with Crippen LogP contribution in [-0.2, 0) is 20.0 Å². The largest absolute Gasteiger partial charge is 0.332 e. The van der Waals surface area contributed by atoms with Crippen LogP contribution in [0, 0.1) is 0 Å². The van der Waals surface area contributed by atoms with Crippen molar-refractivity contribution in [3.8, 4) is 0 Å². The molecule has 2 N–H and O–H groups in total. The van der Waals surface area contributed by atoms with Gasteiger partial charge in [-0.25, -0.2) is 21.6 Å². The number of nitrogens with zero attached hydrogens (tertiary/aromatic N) is 1. The van der Waals surface area contributed by atoms with E-state index >= 15 is 0 Å². The number of quaternary nitrogens is 1. The molecular formula is C18H24N3O4S2+. The van der Waals surface area contributed by atoms with Gasteiger partial charge < -0.3 is 4.90 Å². The number of nitrogens with one attached hydrogen (secondary N) is 2. The van der Waals surface area contributed by atoms with Crippen LogP contribution in [0.1, 0.15) is 0 Å². The number of piperazine rings is 1. The minimum absolute atomic E-state index is 0.249. The molecule has 0 atom stereocenters. The van der Waals surface area contributed by atoms with E-state index in [2.05, 4.69) is 4.72 Å². The van der Waals surface area contributed by atoms with Gasteiger partial charge in [0.25, 0.3) is 0 Å². The predicted octanol–water partition coefficient (Wildman–Crippen LogP) is -0.446. The molecule has 9 heteroatoms. The van der Waals surface area contributed by atoms with E-state index < -0.39 is 20.0 Å². The van der Waals surface area contributed by atoms with E-state index in [9.17, 15) is 16.8 Å². The van der Waals surface area contributed by atoms with E-state index in [1.54, 1.807) is 60.7 Å². The van der Waals surface area contributed by atoms with Crippen molar-refractivity contribution in [3.05, 3.63) is 60.7 Å². The van der Waals surface area contributed by atoms with Crippen molar-refractivity contribution in [1.82, 2.24) is 9.03 Å². The molecule has 0 aromatic heterocycles. The van der Waals surface area contributed by atoms with Crippen LogP contribution >= 0.6 is 0 Å². The lowest BCUT2D eigenvalue weighted by atomic mass is 10.3. The number of rotatable bonds is 7. The standard InChI is InChI=1S/C18H23N3O4S2/c22-26(23,17-7-3-1-4-8-17)19-11-12-20-13-15-21(16-14-20)27(24,25)18-9-5-2-6-10-18/h1-10,19H,11-16H2/p+1. The lowest BCUT2D eigenvalue weighted by molar-refractivity contribution is -0.902. The Bertz CT molecular complexity index is 938. The van der Waals surface area contributed by atoms with Crippen molar-refractivity contribution in [1.29, 1.82) is 0 Å². The maximum absolute atomic E-state index is 12.6. The fourth-order valence-electron chi connectivity index (χ4n) is 3.08. The Balaban J connectivity index is 1.49. The van der Waals surface area contributed by atoms with Gasteiger partial charge in [0.2, 0.25) is 20.0 Å². The van der Waals surface area contributed by atoms with Gasteiger partial charge in [-0.15, -0.1) is 0 Å². The summed E-state index contributed by atoms with van der Waals surface area (Å²) in [6, 6.07) is 16.7. The summed E-state index contributed by atoms with van der Waals surface area (Å²) in [5.74, 6) is 0. The first-order chi connectivity index (χ1) is 12.9. The van der Waals surface area contributed by atoms with E-state index in [4.69, 9.17) is 0 Å². The molecule has 1 aliphatic heterocycles. The minimum atomic E-state index is -3.50. The maximum atomic E-state index is 12.6. The van der Waals surface area contributed by atoms with Gasteiger partial charge >= 0.3 is 0 Å². The van der Waals surface area contributed by atoms with Crippen LogP contribution < -0.4 is 9.62 Å². The van der Waals surface area contributed by atoms with Crippen LogP contribution in [0.5, 0.6) is 0 Å². The van der Waals surface area contributed by atoms with Crippen molar-refractivity contribution < 1.29 is 21.7 Å². The zero-order chi connectivity index (χ0) is 19.3. The summed E-state index contributed by atoms with van der Waals surface area (Å²) in [5.41, 5.74) is 0. The molecule has 1 fully saturated rings. The molecule has 0 aliphatic carbocycles. The summed E-state index contributed by atoms with van der Waals surface area (Å²) >= 11 is 0. The summed E-state index contributed by atoms with van der Waals surface area (Å²) in [5, 5.41) is 0. The summed E-state index contributed by atoms with van der Waals surface area (Å²) in [6.07, 6.45) is 0. The number of hydrogen-bond donors (Lipinski definition) is 2. The van der Waals surface area contributed by atoms with Crippen molar-refractivity contribution >= 4 is 20.0 Å². The third-order valence-electron chi connectivity index (χ3n) is 4.63. The Morgan fingerprint density at radius 1 is 0.815 bits per heavy atom. The molecule has 146 valence electrons. The van der Waals surface area contributed by atoms with Crippen LogP contribution in [0.3, 0.4) is 0 Å². The second kappa shape index (κ2) is 8.49. The third-order valence-corrected chi connectivity index (χ3v) is 8.02. The van der Waals surface area contributed by atoms with Crippen molar-refractivity contribution in [2.75, 3.05) is 39.3 Å². The van der Waals surface area contributed by atoms with Gasteiger partial charge in [-0.05, 0) is 24.3 Å². The molecule has 7 nitrogen and oxygen atoms in total. The van der Waals surface area contributed by atoms with Crippen molar-refractivity contribution in [2.24, 2.45) is 0 Å². The lowest BCUT2D eigenvalue weighted by Crippen LogP contribution is -3.15. The zero-order valence-electron chi connectivity index (χ0n) is 14.9. The average Bonchev–Trinajstić information content (AvgIpc) is 2.70. The molecule has 0 radical (unpaired) electrons. The zero-order valence-corrected chi connectivity index (χ0v) is 16.5. The highest BCUT2D eigenvalue weighted by Crippen LogP contribution is 2.14. The van der Waals surface area contributed by atoms with Gasteiger partial charge in [0.1, 0.15) is 0 Å². The fraction of sp³-hybridized carbons (Fsp3) is 0.333. The van der Waals surface area contributed by atoms with Gasteiger partial charge in [-0.3, -0.25) is 0 Å². The molecule has 1 aliphatic rings. The Morgan fingerprint density at radius 3 is 1.89 bits per heavy atom. The molecule has 0 amide bonds. The third kappa shape index (κ3) is 4.94. The van der Waals surface area contributed by atoms with Crippen LogP contribution in [0.4, 0.5) is 0 Å². The summed E-state index contributed by atoms with van der Waals surface area (Å²) in [6.45, 7) is 3.09. The Morgan fingerprint density at radius 2 is 1.33 bits per heavy atom. The summed E-state index contributed by atoms with van der Waals surface area (Å²) in [4.78, 5) is 1.74. The molecule has 1 saturated heterocycles. The second-order valence-corrected chi connectivity index (χ2v) is 10.1. The minimum Gasteiger partial charge on any atom is -0.332 e. The maximum Gasteiger partial charge on any atom is 0.243 e. The molecular weight excluding hydrogens is 386 g/mol. The van der Waals surface area contributed by atoms with Crippen molar-refractivity contribution in [2.45, 2.75) is 9.79 Å². The molecule has 0 bridgehead atoms. The monoisotopic (exact) mass is 410 g/mol. The number of sulfonamides is 2. The molecule has 0 spiro atoms. The van der Waals surface area contributed by atoms with Gasteiger partial charge in [-0.2, -0.15) is 4.31 Å². The van der Waals surface area contributed by atoms with Gasteiger partial charge in [0.15, 0.2) is 0 Å². The van der Waals surface area contributed by atoms with E-state index in [0.717, 1.165) is 0 Å². The van der Waals surface area contributed by atoms with Gasteiger partial charge in [0, 0.05) is 0 Å². The average molecular weight is 411 g/mol. The first-order valence-electron chi connectivity index (χ1n) is 8.83. The lowest BCUT2D eigenvalue weighted by Gasteiger charge is -2.31. The fourth-order valence-corrected chi connectivity index (χ4v) is 5.59. The quantitative estimate of drug-likeness (QED) is 0.648. The highest BCUT2D eigenvalue weighted by atomic mass is 32.2. The smallest absolute Gasteiger partial charge is 0.243 e. The Hall–Kier alpha value is -1.78. The van der Waals surface area contributed by atoms with E-state index in [-0.39, 0.29) is 4.90 Å². The highest BCUT2D eigenvalue weighted by Gasteiger charge is 2.30. The first-order valence-corrected chi connectivity index (χ1v) is 11.8. The predicted molar refractivity (Wildman–Crippen MR) is 102 cm³/mol. The molecule has 2 aromatic rings. The first kappa shape index (κ1) is 20.0. The van der Waals surface area contributed by atoms with Crippen LogP contribution in [-0.4, -0.2) is 60.4 Å². The van der Waals surface area contributed by atoms with Gasteiger partial charge in [-0.1, -0.05) is 36.4 Å².